The molecule has 0 aliphatic heterocycles. The van der Waals surface area contributed by atoms with Gasteiger partial charge in [-0.05, 0) is 5.41 Å². The minimum absolute atomic E-state index is 0.390. The van der Waals surface area contributed by atoms with Gasteiger partial charge in [0.2, 0.25) is 0 Å². The van der Waals surface area contributed by atoms with Crippen LogP contribution in [0.3, 0.4) is 0 Å². The van der Waals surface area contributed by atoms with Gasteiger partial charge in [0.15, 0.2) is 0 Å². The number of hydrogen-bond donors (Lipinski definition) is 0. The minimum Gasteiger partial charge on any atom is -0.0643 e. The molecule has 0 aromatic heterocycles. The fraction of sp³-hybridized carbons (Fsp3) is 0.800. The Morgan fingerprint density at radius 3 is 1.29 bits per heavy atom. The van der Waals surface area contributed by atoms with Gasteiger partial charge in [-0.3, -0.25) is 0 Å². The largest absolute Gasteiger partial charge is 0.102 e. The molecule has 0 aromatic carbocycles. The van der Waals surface area contributed by atoms with Crippen LogP contribution in [0.15, 0.2) is 0 Å². The smallest absolute Gasteiger partial charge is 0.0643 e. The van der Waals surface area contributed by atoms with Crippen molar-refractivity contribution in [3.8, 4) is 0 Å². The van der Waals surface area contributed by atoms with Crippen LogP contribution >= 0.6 is 45.2 Å². The van der Waals surface area contributed by atoms with Crippen molar-refractivity contribution in [2.45, 2.75) is 20.8 Å². The van der Waals surface area contributed by atoms with Gasteiger partial charge in [-0.1, -0.05) is 66.0 Å². The summed E-state index contributed by atoms with van der Waals surface area (Å²) < 4.78 is 1.43. The maximum Gasteiger partial charge on any atom is 0.102 e. The number of hydrogen-bond acceptors (Lipinski definition) is 0. The van der Waals surface area contributed by atoms with Crippen LogP contribution in [-0.2, 0) is 0 Å². The highest BCUT2D eigenvalue weighted by molar-refractivity contribution is 14.2. The summed E-state index contributed by atoms with van der Waals surface area (Å²) in [5.41, 5.74) is 0.390. The average Bonchev–Trinajstić information content (AvgIpc) is 1.31. The van der Waals surface area contributed by atoms with Crippen molar-refractivity contribution < 1.29 is 0 Å². The van der Waals surface area contributed by atoms with Gasteiger partial charge in [0, 0.05) is 0 Å². The van der Waals surface area contributed by atoms with E-state index in [-0.39, 0.29) is 0 Å². The van der Waals surface area contributed by atoms with Crippen LogP contribution in [0.1, 0.15) is 20.8 Å². The van der Waals surface area contributed by atoms with Crippen LogP contribution in [0.2, 0.25) is 0 Å². The van der Waals surface area contributed by atoms with Gasteiger partial charge >= 0.3 is 0 Å². The third-order valence-corrected chi connectivity index (χ3v) is 3.80. The first kappa shape index (κ1) is 8.46. The van der Waals surface area contributed by atoms with E-state index in [1.54, 1.807) is 0 Å². The van der Waals surface area contributed by atoms with Gasteiger partial charge in [0.1, 0.15) is 1.93 Å². The van der Waals surface area contributed by atoms with Crippen molar-refractivity contribution in [2.75, 3.05) is 0 Å². The van der Waals surface area contributed by atoms with Crippen molar-refractivity contribution >= 4 is 45.2 Å². The van der Waals surface area contributed by atoms with E-state index in [1.165, 1.54) is 1.93 Å². The van der Waals surface area contributed by atoms with Crippen LogP contribution in [0, 0.1) is 7.35 Å². The molecule has 0 N–H and O–H groups in total. The Morgan fingerprint density at radius 1 is 1.14 bits per heavy atom. The summed E-state index contributed by atoms with van der Waals surface area (Å²) in [6, 6.07) is 0. The molecular weight excluding hydrogens is 314 g/mol. The molecule has 0 bridgehead atoms. The standard InChI is InChI=1S/C5H9I2/c1-5(2,3)4(6)7/h1-3H3. The zero-order valence-electron chi connectivity index (χ0n) is 4.76. The van der Waals surface area contributed by atoms with Gasteiger partial charge in [-0.2, -0.15) is 0 Å². The Bertz CT molecular complexity index is 51.6. The molecule has 0 spiro atoms. The van der Waals surface area contributed by atoms with E-state index in [0.717, 1.165) is 0 Å². The van der Waals surface area contributed by atoms with Crippen LogP contribution < -0.4 is 0 Å². The van der Waals surface area contributed by atoms with E-state index in [2.05, 4.69) is 66.0 Å². The van der Waals surface area contributed by atoms with Crippen molar-refractivity contribution in [3.05, 3.63) is 1.93 Å². The molecule has 2 heteroatoms. The fourth-order valence-electron chi connectivity index (χ4n) is 0. The zero-order valence-corrected chi connectivity index (χ0v) is 9.07. The highest BCUT2D eigenvalue weighted by Crippen LogP contribution is 2.38. The molecule has 0 unspecified atom stereocenters. The zero-order chi connectivity index (χ0) is 6.08. The Hall–Kier alpha value is 1.46. The van der Waals surface area contributed by atoms with Crippen molar-refractivity contribution in [3.63, 3.8) is 0 Å². The van der Waals surface area contributed by atoms with E-state index in [0.29, 0.717) is 5.41 Å². The van der Waals surface area contributed by atoms with Gasteiger partial charge in [-0.15, -0.1) is 0 Å². The van der Waals surface area contributed by atoms with Crippen LogP contribution in [0.4, 0.5) is 0 Å². The highest BCUT2D eigenvalue weighted by Gasteiger charge is 2.18. The van der Waals surface area contributed by atoms with Crippen LogP contribution in [0.5, 0.6) is 0 Å². The average molecular weight is 323 g/mol. The Labute approximate surface area is 72.7 Å². The van der Waals surface area contributed by atoms with E-state index in [9.17, 15) is 0 Å². The Kier molecular flexibility index (Phi) is 3.44. The second-order valence-electron chi connectivity index (χ2n) is 2.51. The molecule has 0 aliphatic carbocycles. The van der Waals surface area contributed by atoms with Crippen LogP contribution in [-0.4, -0.2) is 0 Å². The minimum atomic E-state index is 0.390. The Morgan fingerprint density at radius 2 is 1.29 bits per heavy atom. The molecule has 43 valence electrons. The predicted molar refractivity (Wildman–Crippen MR) is 50.7 cm³/mol. The lowest BCUT2D eigenvalue weighted by Gasteiger charge is -2.18. The topological polar surface area (TPSA) is 0 Å². The molecule has 0 aliphatic rings. The van der Waals surface area contributed by atoms with Crippen molar-refractivity contribution in [2.24, 2.45) is 5.41 Å². The fourth-order valence-corrected chi connectivity index (χ4v) is 0. The van der Waals surface area contributed by atoms with E-state index >= 15 is 0 Å². The first-order valence-corrected chi connectivity index (χ1v) is 4.29. The summed E-state index contributed by atoms with van der Waals surface area (Å²) in [4.78, 5) is 0. The number of halogens is 2. The lowest BCUT2D eigenvalue weighted by molar-refractivity contribution is 0.528. The van der Waals surface area contributed by atoms with Gasteiger partial charge in [0.05, 0.1) is 0 Å². The number of rotatable bonds is 0. The molecule has 0 nitrogen and oxygen atoms in total. The van der Waals surface area contributed by atoms with Gasteiger partial charge < -0.3 is 0 Å². The van der Waals surface area contributed by atoms with Gasteiger partial charge in [-0.25, -0.2) is 0 Å². The summed E-state index contributed by atoms with van der Waals surface area (Å²) in [5.74, 6) is 0. The summed E-state index contributed by atoms with van der Waals surface area (Å²) >= 11 is 4.70. The highest BCUT2D eigenvalue weighted by atomic mass is 127. The Balaban J connectivity index is 3.54. The second kappa shape index (κ2) is 2.85. The lowest BCUT2D eigenvalue weighted by Crippen LogP contribution is -2.05. The van der Waals surface area contributed by atoms with E-state index < -0.39 is 0 Å². The van der Waals surface area contributed by atoms with Crippen LogP contribution in [0.25, 0.3) is 0 Å². The monoisotopic (exact) mass is 323 g/mol. The molecule has 0 aromatic rings. The van der Waals surface area contributed by atoms with Crippen molar-refractivity contribution in [1.29, 1.82) is 0 Å². The molecule has 7 heavy (non-hydrogen) atoms. The molecule has 0 fully saturated rings. The van der Waals surface area contributed by atoms with Crippen molar-refractivity contribution in [1.82, 2.24) is 0 Å². The molecule has 0 rings (SSSR count). The third kappa shape index (κ3) is 4.00. The normalized spacial score (nSPS) is 12.9. The molecule has 0 atom stereocenters. The molecular formula is C5H9I2. The SMILES string of the molecule is CC(C)(C)[C](I)I. The molecule has 0 saturated heterocycles. The predicted octanol–water partition coefficient (Wildman–Crippen LogP) is 3.39. The third-order valence-electron chi connectivity index (χ3n) is 0.567. The summed E-state index contributed by atoms with van der Waals surface area (Å²) in [6.07, 6.45) is 0. The summed E-state index contributed by atoms with van der Waals surface area (Å²) in [5, 5.41) is 0. The molecule has 0 heterocycles. The first-order valence-electron chi connectivity index (χ1n) is 2.13. The van der Waals surface area contributed by atoms with Gasteiger partial charge in [0.25, 0.3) is 0 Å². The van der Waals surface area contributed by atoms with E-state index in [1.807, 2.05) is 0 Å². The molecule has 0 saturated carbocycles. The maximum atomic E-state index is 2.35. The lowest BCUT2D eigenvalue weighted by atomic mass is 10.0. The van der Waals surface area contributed by atoms with E-state index in [4.69, 9.17) is 0 Å². The first-order chi connectivity index (χ1) is 2.94. The summed E-state index contributed by atoms with van der Waals surface area (Å²) in [6.45, 7) is 6.63. The second-order valence-corrected chi connectivity index (χ2v) is 6.73. The quantitative estimate of drug-likeness (QED) is 0.600. The molecule has 0 amide bonds. The maximum absolute atomic E-state index is 2.35. The summed E-state index contributed by atoms with van der Waals surface area (Å²) in [7, 11) is 0. The molecule has 1 radical (unpaired) electrons.